The standard InChI is InChI=1S/C14H20N2OS/c1-4-14(3)13(17)16(10-8-9(10)2)12(15-14)11-6-5-7-18-11/h5-7,9-10,12,15H,4,8H2,1-3H3. The predicted octanol–water partition coefficient (Wildman–Crippen LogP) is 2.76. The molecule has 0 radical (unpaired) electrons. The second kappa shape index (κ2) is 4.07. The van der Waals surface area contributed by atoms with Crippen molar-refractivity contribution < 1.29 is 4.79 Å². The third kappa shape index (κ3) is 1.70. The van der Waals surface area contributed by atoms with Crippen molar-refractivity contribution in [1.29, 1.82) is 0 Å². The van der Waals surface area contributed by atoms with Crippen LogP contribution in [0, 0.1) is 5.92 Å². The fourth-order valence-corrected chi connectivity index (χ4v) is 3.55. The number of carbonyl (C=O) groups excluding carboxylic acids is 1. The minimum Gasteiger partial charge on any atom is -0.317 e. The fraction of sp³-hybridized carbons (Fsp3) is 0.643. The van der Waals surface area contributed by atoms with Crippen molar-refractivity contribution in [1.82, 2.24) is 10.2 Å². The lowest BCUT2D eigenvalue weighted by molar-refractivity contribution is -0.133. The highest BCUT2D eigenvalue weighted by Gasteiger charge is 2.54. The first-order valence-electron chi connectivity index (χ1n) is 6.70. The minimum absolute atomic E-state index is 0.0809. The van der Waals surface area contributed by atoms with E-state index in [4.69, 9.17) is 0 Å². The van der Waals surface area contributed by atoms with Crippen LogP contribution in [0.2, 0.25) is 0 Å². The molecule has 1 aromatic heterocycles. The number of hydrogen-bond donors (Lipinski definition) is 1. The summed E-state index contributed by atoms with van der Waals surface area (Å²) < 4.78 is 0. The maximum atomic E-state index is 12.7. The number of rotatable bonds is 3. The highest BCUT2D eigenvalue weighted by atomic mass is 32.1. The van der Waals surface area contributed by atoms with E-state index in [1.54, 1.807) is 11.3 Å². The molecule has 1 aliphatic heterocycles. The van der Waals surface area contributed by atoms with Crippen LogP contribution in [0.3, 0.4) is 0 Å². The summed E-state index contributed by atoms with van der Waals surface area (Å²) in [5.41, 5.74) is -0.392. The van der Waals surface area contributed by atoms with Crippen LogP contribution in [0.15, 0.2) is 17.5 Å². The molecule has 4 unspecified atom stereocenters. The smallest absolute Gasteiger partial charge is 0.244 e. The molecule has 2 fully saturated rings. The summed E-state index contributed by atoms with van der Waals surface area (Å²) in [5, 5.41) is 5.63. The van der Waals surface area contributed by atoms with Gasteiger partial charge in [0.2, 0.25) is 5.91 Å². The van der Waals surface area contributed by atoms with Crippen LogP contribution in [-0.4, -0.2) is 22.4 Å². The van der Waals surface area contributed by atoms with Crippen molar-refractivity contribution in [3.8, 4) is 0 Å². The molecule has 4 atom stereocenters. The second-order valence-electron chi connectivity index (χ2n) is 5.74. The molecular formula is C14H20N2OS. The number of amides is 1. The third-order valence-electron chi connectivity index (χ3n) is 4.38. The van der Waals surface area contributed by atoms with E-state index in [0.717, 1.165) is 12.8 Å². The van der Waals surface area contributed by atoms with Crippen molar-refractivity contribution in [2.24, 2.45) is 5.92 Å². The topological polar surface area (TPSA) is 32.3 Å². The molecule has 18 heavy (non-hydrogen) atoms. The van der Waals surface area contributed by atoms with Gasteiger partial charge in [-0.1, -0.05) is 19.9 Å². The summed E-state index contributed by atoms with van der Waals surface area (Å²) in [4.78, 5) is 16.0. The van der Waals surface area contributed by atoms with Crippen molar-refractivity contribution >= 4 is 17.2 Å². The van der Waals surface area contributed by atoms with Gasteiger partial charge >= 0.3 is 0 Å². The first-order valence-corrected chi connectivity index (χ1v) is 7.58. The lowest BCUT2D eigenvalue weighted by Crippen LogP contribution is -2.43. The van der Waals surface area contributed by atoms with E-state index in [-0.39, 0.29) is 12.1 Å². The van der Waals surface area contributed by atoms with E-state index in [1.165, 1.54) is 4.88 Å². The number of nitrogens with one attached hydrogen (secondary N) is 1. The van der Waals surface area contributed by atoms with Crippen molar-refractivity contribution in [2.45, 2.75) is 51.4 Å². The van der Waals surface area contributed by atoms with Gasteiger partial charge in [0.15, 0.2) is 0 Å². The quantitative estimate of drug-likeness (QED) is 0.910. The third-order valence-corrected chi connectivity index (χ3v) is 5.31. The van der Waals surface area contributed by atoms with Gasteiger partial charge in [0, 0.05) is 10.9 Å². The molecule has 2 aliphatic rings. The molecule has 3 rings (SSSR count). The fourth-order valence-electron chi connectivity index (χ4n) is 2.78. The van der Waals surface area contributed by atoms with Crippen LogP contribution >= 0.6 is 11.3 Å². The van der Waals surface area contributed by atoms with Crippen molar-refractivity contribution in [3.05, 3.63) is 22.4 Å². The summed E-state index contributed by atoms with van der Waals surface area (Å²) >= 11 is 1.73. The molecule has 98 valence electrons. The van der Waals surface area contributed by atoms with Crippen LogP contribution in [0.5, 0.6) is 0 Å². The van der Waals surface area contributed by atoms with E-state index in [0.29, 0.717) is 12.0 Å². The monoisotopic (exact) mass is 264 g/mol. The molecule has 1 saturated carbocycles. The molecule has 4 heteroatoms. The van der Waals surface area contributed by atoms with E-state index < -0.39 is 5.54 Å². The zero-order valence-electron chi connectivity index (χ0n) is 11.1. The zero-order chi connectivity index (χ0) is 12.9. The second-order valence-corrected chi connectivity index (χ2v) is 6.72. The normalized spacial score (nSPS) is 39.4. The Bertz CT molecular complexity index is 458. The Morgan fingerprint density at radius 1 is 1.61 bits per heavy atom. The molecule has 1 aromatic rings. The first kappa shape index (κ1) is 12.2. The predicted molar refractivity (Wildman–Crippen MR) is 73.3 cm³/mol. The highest BCUT2D eigenvalue weighted by molar-refractivity contribution is 7.10. The minimum atomic E-state index is -0.392. The van der Waals surface area contributed by atoms with Gasteiger partial charge in [-0.15, -0.1) is 11.3 Å². The summed E-state index contributed by atoms with van der Waals surface area (Å²) in [6, 6.07) is 4.62. The molecule has 0 spiro atoms. The van der Waals surface area contributed by atoms with Crippen LogP contribution in [0.1, 0.15) is 44.7 Å². The van der Waals surface area contributed by atoms with Gasteiger partial charge in [-0.25, -0.2) is 0 Å². The zero-order valence-corrected chi connectivity index (χ0v) is 12.0. The Morgan fingerprint density at radius 2 is 2.33 bits per heavy atom. The molecule has 1 saturated heterocycles. The Kier molecular flexibility index (Phi) is 2.75. The van der Waals surface area contributed by atoms with E-state index in [9.17, 15) is 4.79 Å². The van der Waals surface area contributed by atoms with Crippen molar-refractivity contribution in [2.75, 3.05) is 0 Å². The summed E-state index contributed by atoms with van der Waals surface area (Å²) in [6.45, 7) is 6.34. The number of nitrogens with zero attached hydrogens (tertiary/aromatic N) is 1. The number of carbonyl (C=O) groups is 1. The largest absolute Gasteiger partial charge is 0.317 e. The van der Waals surface area contributed by atoms with Gasteiger partial charge in [-0.2, -0.15) is 0 Å². The van der Waals surface area contributed by atoms with Gasteiger partial charge in [0.1, 0.15) is 6.17 Å². The lowest BCUT2D eigenvalue weighted by atomic mass is 9.99. The number of thiophene rings is 1. The Labute approximate surface area is 112 Å². The van der Waals surface area contributed by atoms with Crippen LogP contribution < -0.4 is 5.32 Å². The first-order chi connectivity index (χ1) is 8.57. The number of hydrogen-bond acceptors (Lipinski definition) is 3. The average molecular weight is 264 g/mol. The molecule has 0 aromatic carbocycles. The molecule has 1 aliphatic carbocycles. The van der Waals surface area contributed by atoms with Gasteiger partial charge in [0.25, 0.3) is 0 Å². The Balaban J connectivity index is 1.94. The van der Waals surface area contributed by atoms with Gasteiger partial charge < -0.3 is 4.90 Å². The summed E-state index contributed by atoms with van der Waals surface area (Å²) in [7, 11) is 0. The highest BCUT2D eigenvalue weighted by Crippen LogP contribution is 2.45. The molecule has 0 bridgehead atoms. The summed E-state index contributed by atoms with van der Waals surface area (Å²) in [5.74, 6) is 0.926. The molecule has 2 heterocycles. The van der Waals surface area contributed by atoms with E-state index in [2.05, 4.69) is 41.6 Å². The molecule has 3 nitrogen and oxygen atoms in total. The Morgan fingerprint density at radius 3 is 2.83 bits per heavy atom. The lowest BCUT2D eigenvalue weighted by Gasteiger charge is -2.23. The van der Waals surface area contributed by atoms with Crippen LogP contribution in [-0.2, 0) is 4.79 Å². The molecular weight excluding hydrogens is 244 g/mol. The Hall–Kier alpha value is -0.870. The summed E-state index contributed by atoms with van der Waals surface area (Å²) in [6.07, 6.45) is 2.07. The van der Waals surface area contributed by atoms with Gasteiger partial charge in [-0.3, -0.25) is 10.1 Å². The van der Waals surface area contributed by atoms with Gasteiger partial charge in [0.05, 0.1) is 5.54 Å². The van der Waals surface area contributed by atoms with Gasteiger partial charge in [-0.05, 0) is 37.1 Å². The van der Waals surface area contributed by atoms with E-state index in [1.807, 2.05) is 6.92 Å². The maximum Gasteiger partial charge on any atom is 0.244 e. The maximum absolute atomic E-state index is 12.7. The van der Waals surface area contributed by atoms with E-state index >= 15 is 0 Å². The van der Waals surface area contributed by atoms with Crippen LogP contribution in [0.4, 0.5) is 0 Å². The van der Waals surface area contributed by atoms with Crippen molar-refractivity contribution in [3.63, 3.8) is 0 Å². The SMILES string of the molecule is CCC1(C)NC(c2cccs2)N(C2CC2C)C1=O. The average Bonchev–Trinajstić information content (AvgIpc) is 2.83. The molecule has 1 N–H and O–H groups in total. The molecule has 1 amide bonds. The van der Waals surface area contributed by atoms with Crippen LogP contribution in [0.25, 0.3) is 0 Å².